The van der Waals surface area contributed by atoms with Crippen LogP contribution < -0.4 is 10.6 Å². The molecule has 2 aliphatic rings. The minimum absolute atomic E-state index is 0.0732. The molecule has 2 saturated heterocycles. The quantitative estimate of drug-likeness (QED) is 0.472. The van der Waals surface area contributed by atoms with Gasteiger partial charge in [0.2, 0.25) is 17.7 Å². The highest BCUT2D eigenvalue weighted by molar-refractivity contribution is 5.95. The molecule has 2 rings (SSSR count). The third-order valence-electron chi connectivity index (χ3n) is 5.91. The lowest BCUT2D eigenvalue weighted by Gasteiger charge is -2.41. The molecule has 0 aromatic carbocycles. The number of nitrogens with zero attached hydrogens (tertiary/aromatic N) is 1. The van der Waals surface area contributed by atoms with E-state index in [0.29, 0.717) is 13.0 Å². The van der Waals surface area contributed by atoms with Crippen LogP contribution in [0.15, 0.2) is 0 Å². The second kappa shape index (κ2) is 10.4. The van der Waals surface area contributed by atoms with Crippen LogP contribution in [0.4, 0.5) is 13.2 Å². The summed E-state index contributed by atoms with van der Waals surface area (Å²) in [6, 6.07) is -2.38. The Kier molecular flexibility index (Phi) is 8.50. The van der Waals surface area contributed by atoms with Gasteiger partial charge in [0.25, 0.3) is 0 Å². The van der Waals surface area contributed by atoms with Crippen LogP contribution in [0.1, 0.15) is 47.0 Å². The lowest BCUT2D eigenvalue weighted by Crippen LogP contribution is -2.61. The summed E-state index contributed by atoms with van der Waals surface area (Å²) in [6.45, 7) is 5.88. The lowest BCUT2D eigenvalue weighted by atomic mass is 9.87. The topological polar surface area (TPSA) is 125 Å². The minimum atomic E-state index is -5.02. The van der Waals surface area contributed by atoms with E-state index in [1.54, 1.807) is 27.7 Å². The normalized spacial score (nSPS) is 26.1. The number of nitrogens with one attached hydrogen (secondary N) is 2. The van der Waals surface area contributed by atoms with Gasteiger partial charge in [-0.2, -0.15) is 0 Å². The Morgan fingerprint density at radius 3 is 2.42 bits per heavy atom. The number of hydrogen-bond acceptors (Lipinski definition) is 6. The van der Waals surface area contributed by atoms with Crippen LogP contribution in [-0.4, -0.2) is 77.8 Å². The maximum atomic E-state index is 13.2. The van der Waals surface area contributed by atoms with Crippen molar-refractivity contribution in [3.05, 3.63) is 0 Å². The number of ether oxygens (including phenoxy) is 1. The Hall–Kier alpha value is -2.21. The van der Waals surface area contributed by atoms with Crippen LogP contribution in [0.2, 0.25) is 0 Å². The molecule has 2 aliphatic heterocycles. The lowest BCUT2D eigenvalue weighted by molar-refractivity contribution is -0.321. The van der Waals surface area contributed by atoms with E-state index in [-0.39, 0.29) is 31.2 Å². The maximum Gasteiger partial charge on any atom is 0.522 e. The van der Waals surface area contributed by atoms with Crippen molar-refractivity contribution in [3.8, 4) is 0 Å². The second-order valence-electron chi connectivity index (χ2n) is 9.89. The van der Waals surface area contributed by atoms with Crippen molar-refractivity contribution in [1.82, 2.24) is 15.5 Å². The van der Waals surface area contributed by atoms with E-state index in [1.165, 1.54) is 0 Å². The maximum absolute atomic E-state index is 13.2. The zero-order chi connectivity index (χ0) is 25.1. The summed E-state index contributed by atoms with van der Waals surface area (Å²) >= 11 is 0. The highest BCUT2D eigenvalue weighted by Gasteiger charge is 2.43. The number of carbonyl (C=O) groups excluding carboxylic acids is 4. The van der Waals surface area contributed by atoms with Crippen molar-refractivity contribution in [3.63, 3.8) is 0 Å². The van der Waals surface area contributed by atoms with Crippen LogP contribution in [-0.2, 0) is 23.9 Å². The number of halogens is 3. The first-order valence-electron chi connectivity index (χ1n) is 10.9. The molecule has 33 heavy (non-hydrogen) atoms. The first-order valence-corrected chi connectivity index (χ1v) is 10.9. The van der Waals surface area contributed by atoms with Gasteiger partial charge in [-0.25, -0.2) is 0 Å². The Bertz CT molecular complexity index is 767. The molecule has 12 heteroatoms. The van der Waals surface area contributed by atoms with Crippen LogP contribution in [0, 0.1) is 17.3 Å². The number of piperidine rings is 1. The van der Waals surface area contributed by atoms with Crippen molar-refractivity contribution in [1.29, 1.82) is 0 Å². The molecular formula is C21H32F3N3O6. The molecule has 5 atom stereocenters. The molecule has 0 aromatic rings. The van der Waals surface area contributed by atoms with E-state index >= 15 is 0 Å². The fraction of sp³-hybridized carbons (Fsp3) is 0.810. The molecule has 9 nitrogen and oxygen atoms in total. The summed E-state index contributed by atoms with van der Waals surface area (Å²) in [6.07, 6.45) is -5.94. The summed E-state index contributed by atoms with van der Waals surface area (Å²) in [4.78, 5) is 51.5. The molecule has 2 heterocycles. The first kappa shape index (κ1) is 27.0. The van der Waals surface area contributed by atoms with E-state index in [0.717, 1.165) is 4.90 Å². The van der Waals surface area contributed by atoms with E-state index in [4.69, 9.17) is 0 Å². The highest BCUT2D eigenvalue weighted by Crippen LogP contribution is 2.27. The Labute approximate surface area is 190 Å². The molecule has 0 bridgehead atoms. The van der Waals surface area contributed by atoms with E-state index in [2.05, 4.69) is 15.4 Å². The van der Waals surface area contributed by atoms with Crippen LogP contribution >= 0.6 is 0 Å². The number of amides is 3. The largest absolute Gasteiger partial charge is 0.522 e. The Balaban J connectivity index is 2.24. The zero-order valence-corrected chi connectivity index (χ0v) is 19.2. The molecule has 3 N–H and O–H groups in total. The number of ketones is 1. The molecule has 3 amide bonds. The van der Waals surface area contributed by atoms with Crippen molar-refractivity contribution >= 4 is 23.5 Å². The molecule has 0 aromatic heterocycles. The van der Waals surface area contributed by atoms with Crippen molar-refractivity contribution in [2.24, 2.45) is 17.3 Å². The molecule has 0 saturated carbocycles. The Morgan fingerprint density at radius 2 is 1.91 bits per heavy atom. The van der Waals surface area contributed by atoms with Crippen molar-refractivity contribution in [2.45, 2.75) is 71.5 Å². The number of aliphatic hydroxyl groups excluding tert-OH is 1. The molecule has 2 fully saturated rings. The van der Waals surface area contributed by atoms with Gasteiger partial charge in [0.15, 0.2) is 5.78 Å². The molecule has 0 spiro atoms. The average Bonchev–Trinajstić information content (AvgIpc) is 3.09. The third kappa shape index (κ3) is 7.39. The predicted molar refractivity (Wildman–Crippen MR) is 109 cm³/mol. The SMILES string of the molecule is CC1C[C@H](NC(=O)[C@H](O)C(C)(C)C)C(=O)N([C@@H](C[C@@H]2CCNC2=O)C(=O)COC(F)(F)F)C1. The molecule has 0 aliphatic carbocycles. The van der Waals surface area contributed by atoms with Crippen LogP contribution in [0.3, 0.4) is 0 Å². The van der Waals surface area contributed by atoms with Gasteiger partial charge in [0, 0.05) is 19.0 Å². The third-order valence-corrected chi connectivity index (χ3v) is 5.91. The van der Waals surface area contributed by atoms with Crippen LogP contribution in [0.5, 0.6) is 0 Å². The van der Waals surface area contributed by atoms with Gasteiger partial charge in [-0.1, -0.05) is 27.7 Å². The minimum Gasteiger partial charge on any atom is -0.383 e. The molecule has 0 radical (unpaired) electrons. The highest BCUT2D eigenvalue weighted by atomic mass is 19.4. The number of hydrogen-bond donors (Lipinski definition) is 3. The van der Waals surface area contributed by atoms with Gasteiger partial charge < -0.3 is 20.6 Å². The zero-order valence-electron chi connectivity index (χ0n) is 19.2. The van der Waals surface area contributed by atoms with Crippen molar-refractivity contribution in [2.75, 3.05) is 19.7 Å². The molecule has 1 unspecified atom stereocenters. The fourth-order valence-corrected chi connectivity index (χ4v) is 4.07. The van der Waals surface area contributed by atoms with Gasteiger partial charge in [-0.05, 0) is 30.6 Å². The summed E-state index contributed by atoms with van der Waals surface area (Å²) in [7, 11) is 0. The fourth-order valence-electron chi connectivity index (χ4n) is 4.07. The number of alkyl halides is 3. The Morgan fingerprint density at radius 1 is 1.27 bits per heavy atom. The van der Waals surface area contributed by atoms with E-state index in [1.807, 2.05) is 0 Å². The number of Topliss-reactive ketones (excluding diaryl/α,β-unsaturated/α-hetero) is 1. The van der Waals surface area contributed by atoms with Crippen molar-refractivity contribution < 1.29 is 42.2 Å². The molecule has 188 valence electrons. The van der Waals surface area contributed by atoms with Gasteiger partial charge in [-0.15, -0.1) is 13.2 Å². The first-order chi connectivity index (χ1) is 15.1. The molecular weight excluding hydrogens is 447 g/mol. The second-order valence-corrected chi connectivity index (χ2v) is 9.89. The summed E-state index contributed by atoms with van der Waals surface area (Å²) in [5, 5.41) is 15.3. The number of carbonyl (C=O) groups is 4. The predicted octanol–water partition coefficient (Wildman–Crippen LogP) is 0.747. The number of aliphatic hydroxyl groups is 1. The van der Waals surface area contributed by atoms with Gasteiger partial charge in [-0.3, -0.25) is 23.9 Å². The number of rotatable bonds is 8. The van der Waals surface area contributed by atoms with E-state index in [9.17, 15) is 37.5 Å². The summed E-state index contributed by atoms with van der Waals surface area (Å²) < 4.78 is 41.2. The van der Waals surface area contributed by atoms with Gasteiger partial charge in [0.1, 0.15) is 18.8 Å². The monoisotopic (exact) mass is 479 g/mol. The van der Waals surface area contributed by atoms with Crippen LogP contribution in [0.25, 0.3) is 0 Å². The number of likely N-dealkylation sites (tertiary alicyclic amines) is 1. The average molecular weight is 479 g/mol. The van der Waals surface area contributed by atoms with E-state index < -0.39 is 60.1 Å². The van der Waals surface area contributed by atoms with Gasteiger partial charge >= 0.3 is 6.36 Å². The standard InChI is InChI=1S/C21H32F3N3O6/c1-11-7-13(26-18(31)16(29)20(2,3)4)19(32)27(9-11)14(8-12-5-6-25-17(12)30)15(28)10-33-21(22,23)24/h11-14,16,29H,5-10H2,1-4H3,(H,25,30)(H,26,31)/t11?,12-,13-,14-,16-/m0/s1. The smallest absolute Gasteiger partial charge is 0.383 e. The summed E-state index contributed by atoms with van der Waals surface area (Å²) in [5.41, 5.74) is -0.781. The van der Waals surface area contributed by atoms with Gasteiger partial charge in [0.05, 0.1) is 6.04 Å². The summed E-state index contributed by atoms with van der Waals surface area (Å²) in [5.74, 6) is -3.55.